The number of ether oxygens (including phenoxy) is 3. The third-order valence-corrected chi connectivity index (χ3v) is 3.24. The maximum absolute atomic E-state index is 5.47. The predicted octanol–water partition coefficient (Wildman–Crippen LogP) is 2.78. The van der Waals surface area contributed by atoms with Crippen LogP contribution in [0.2, 0.25) is 0 Å². The Balaban J connectivity index is 3.00. The van der Waals surface area contributed by atoms with E-state index < -0.39 is 0 Å². The van der Waals surface area contributed by atoms with Crippen LogP contribution < -0.4 is 14.8 Å². The molecule has 0 saturated carbocycles. The van der Waals surface area contributed by atoms with Crippen molar-refractivity contribution >= 4 is 0 Å². The molecule has 1 N–H and O–H groups in total. The third kappa shape index (κ3) is 4.40. The molecule has 2 unspecified atom stereocenters. The van der Waals surface area contributed by atoms with Crippen LogP contribution in [0.1, 0.15) is 31.9 Å². The molecule has 0 aliphatic heterocycles. The molecule has 1 aromatic rings. The molecule has 0 aliphatic rings. The van der Waals surface area contributed by atoms with Gasteiger partial charge >= 0.3 is 0 Å². The number of nitrogens with one attached hydrogen (secondary N) is 1. The molecule has 0 aliphatic carbocycles. The summed E-state index contributed by atoms with van der Waals surface area (Å²) < 4.78 is 16.1. The summed E-state index contributed by atoms with van der Waals surface area (Å²) in [4.78, 5) is 0. The first kappa shape index (κ1) is 15.8. The molecule has 0 fully saturated rings. The monoisotopic (exact) mass is 267 g/mol. The standard InChI is InChI=1S/C15H25NO3/c1-6-16-14(9-11(2)17-3)13-8-7-12(18-4)10-15(13)19-5/h7-8,10-11,14,16H,6,9H2,1-5H3. The van der Waals surface area contributed by atoms with Gasteiger partial charge in [0.25, 0.3) is 0 Å². The van der Waals surface area contributed by atoms with Crippen LogP contribution in [0.3, 0.4) is 0 Å². The van der Waals surface area contributed by atoms with Gasteiger partial charge in [0.2, 0.25) is 0 Å². The SMILES string of the molecule is CCNC(CC(C)OC)c1ccc(OC)cc1OC. The van der Waals surface area contributed by atoms with Gasteiger partial charge in [0.15, 0.2) is 0 Å². The van der Waals surface area contributed by atoms with E-state index in [1.165, 1.54) is 0 Å². The van der Waals surface area contributed by atoms with E-state index in [-0.39, 0.29) is 12.1 Å². The molecular weight excluding hydrogens is 242 g/mol. The van der Waals surface area contributed by atoms with Gasteiger partial charge in [-0.15, -0.1) is 0 Å². The topological polar surface area (TPSA) is 39.7 Å². The van der Waals surface area contributed by atoms with Crippen molar-refractivity contribution in [2.75, 3.05) is 27.9 Å². The summed E-state index contributed by atoms with van der Waals surface area (Å²) >= 11 is 0. The molecule has 0 radical (unpaired) electrons. The minimum Gasteiger partial charge on any atom is -0.497 e. The molecular formula is C15H25NO3. The van der Waals surface area contributed by atoms with E-state index in [2.05, 4.69) is 19.2 Å². The van der Waals surface area contributed by atoms with Crippen LogP contribution in [0.25, 0.3) is 0 Å². The van der Waals surface area contributed by atoms with Crippen molar-refractivity contribution in [2.45, 2.75) is 32.4 Å². The zero-order valence-corrected chi connectivity index (χ0v) is 12.5. The second kappa shape index (κ2) is 8.02. The van der Waals surface area contributed by atoms with Crippen LogP contribution in [-0.4, -0.2) is 34.0 Å². The van der Waals surface area contributed by atoms with Crippen molar-refractivity contribution in [3.8, 4) is 11.5 Å². The van der Waals surface area contributed by atoms with E-state index in [1.54, 1.807) is 21.3 Å². The lowest BCUT2D eigenvalue weighted by Crippen LogP contribution is -2.25. The molecule has 0 aromatic heterocycles. The highest BCUT2D eigenvalue weighted by molar-refractivity contribution is 5.42. The van der Waals surface area contributed by atoms with Gasteiger partial charge in [0, 0.05) is 24.8 Å². The zero-order valence-electron chi connectivity index (χ0n) is 12.5. The summed E-state index contributed by atoms with van der Waals surface area (Å²) in [5.41, 5.74) is 1.13. The molecule has 0 amide bonds. The number of hydrogen-bond donors (Lipinski definition) is 1. The van der Waals surface area contributed by atoms with E-state index >= 15 is 0 Å². The predicted molar refractivity (Wildman–Crippen MR) is 77.1 cm³/mol. The third-order valence-electron chi connectivity index (χ3n) is 3.24. The minimum atomic E-state index is 0.191. The Morgan fingerprint density at radius 1 is 1.16 bits per heavy atom. The van der Waals surface area contributed by atoms with Crippen molar-refractivity contribution in [2.24, 2.45) is 0 Å². The van der Waals surface area contributed by atoms with Crippen molar-refractivity contribution in [1.82, 2.24) is 5.32 Å². The molecule has 19 heavy (non-hydrogen) atoms. The Bertz CT molecular complexity index is 382. The average molecular weight is 267 g/mol. The van der Waals surface area contributed by atoms with Gasteiger partial charge in [0.1, 0.15) is 11.5 Å². The van der Waals surface area contributed by atoms with Crippen LogP contribution in [0.4, 0.5) is 0 Å². The lowest BCUT2D eigenvalue weighted by atomic mass is 9.99. The second-order valence-corrected chi connectivity index (χ2v) is 4.50. The van der Waals surface area contributed by atoms with Crippen LogP contribution in [-0.2, 0) is 4.74 Å². The lowest BCUT2D eigenvalue weighted by Gasteiger charge is -2.23. The van der Waals surface area contributed by atoms with E-state index in [0.717, 1.165) is 30.0 Å². The van der Waals surface area contributed by atoms with Crippen LogP contribution in [0.15, 0.2) is 18.2 Å². The van der Waals surface area contributed by atoms with Crippen molar-refractivity contribution in [3.63, 3.8) is 0 Å². The maximum atomic E-state index is 5.47. The Labute approximate surface area is 116 Å². The summed E-state index contributed by atoms with van der Waals surface area (Å²) in [6.07, 6.45) is 1.09. The average Bonchev–Trinajstić information content (AvgIpc) is 2.45. The highest BCUT2D eigenvalue weighted by Gasteiger charge is 2.18. The van der Waals surface area contributed by atoms with Gasteiger partial charge in [-0.3, -0.25) is 0 Å². The highest BCUT2D eigenvalue weighted by Crippen LogP contribution is 2.31. The van der Waals surface area contributed by atoms with Crippen LogP contribution in [0, 0.1) is 0 Å². The van der Waals surface area contributed by atoms with Crippen LogP contribution >= 0.6 is 0 Å². The Morgan fingerprint density at radius 2 is 1.89 bits per heavy atom. The Kier molecular flexibility index (Phi) is 6.67. The lowest BCUT2D eigenvalue weighted by molar-refractivity contribution is 0.100. The largest absolute Gasteiger partial charge is 0.497 e. The first-order valence-corrected chi connectivity index (χ1v) is 6.64. The van der Waals surface area contributed by atoms with Gasteiger partial charge in [-0.1, -0.05) is 13.0 Å². The Hall–Kier alpha value is -1.26. The molecule has 0 spiro atoms. The fourth-order valence-electron chi connectivity index (χ4n) is 2.10. The second-order valence-electron chi connectivity index (χ2n) is 4.50. The molecule has 108 valence electrons. The van der Waals surface area contributed by atoms with Crippen LogP contribution in [0.5, 0.6) is 11.5 Å². The summed E-state index contributed by atoms with van der Waals surface area (Å²) in [7, 11) is 5.07. The van der Waals surface area contributed by atoms with Gasteiger partial charge in [0.05, 0.1) is 20.3 Å². The van der Waals surface area contributed by atoms with Crippen molar-refractivity contribution in [3.05, 3.63) is 23.8 Å². The summed E-state index contributed by atoms with van der Waals surface area (Å²) in [6.45, 7) is 5.07. The van der Waals surface area contributed by atoms with E-state index in [0.29, 0.717) is 0 Å². The maximum Gasteiger partial charge on any atom is 0.127 e. The molecule has 0 heterocycles. The van der Waals surface area contributed by atoms with E-state index in [4.69, 9.17) is 14.2 Å². The van der Waals surface area contributed by atoms with Crippen molar-refractivity contribution in [1.29, 1.82) is 0 Å². The molecule has 1 rings (SSSR count). The molecule has 1 aromatic carbocycles. The molecule has 0 bridgehead atoms. The summed E-state index contributed by atoms with van der Waals surface area (Å²) in [6, 6.07) is 6.13. The minimum absolute atomic E-state index is 0.191. The number of methoxy groups -OCH3 is 3. The van der Waals surface area contributed by atoms with Gasteiger partial charge in [-0.25, -0.2) is 0 Å². The fourth-order valence-corrected chi connectivity index (χ4v) is 2.10. The zero-order chi connectivity index (χ0) is 14.3. The quantitative estimate of drug-likeness (QED) is 0.786. The number of hydrogen-bond acceptors (Lipinski definition) is 4. The molecule has 4 nitrogen and oxygen atoms in total. The highest BCUT2D eigenvalue weighted by atomic mass is 16.5. The van der Waals surface area contributed by atoms with E-state index in [9.17, 15) is 0 Å². The molecule has 4 heteroatoms. The fraction of sp³-hybridized carbons (Fsp3) is 0.600. The number of rotatable bonds is 8. The first-order chi connectivity index (χ1) is 9.15. The van der Waals surface area contributed by atoms with Gasteiger partial charge in [-0.2, -0.15) is 0 Å². The van der Waals surface area contributed by atoms with E-state index in [1.807, 2.05) is 18.2 Å². The molecule has 2 atom stereocenters. The van der Waals surface area contributed by atoms with Crippen molar-refractivity contribution < 1.29 is 14.2 Å². The smallest absolute Gasteiger partial charge is 0.127 e. The summed E-state index contributed by atoms with van der Waals surface area (Å²) in [5, 5.41) is 3.48. The first-order valence-electron chi connectivity index (χ1n) is 6.64. The van der Waals surface area contributed by atoms with Gasteiger partial charge < -0.3 is 19.5 Å². The molecule has 0 saturated heterocycles. The normalized spacial score (nSPS) is 13.9. The van der Waals surface area contributed by atoms with Gasteiger partial charge in [-0.05, 0) is 26.0 Å². The number of benzene rings is 1. The Morgan fingerprint density at radius 3 is 2.42 bits per heavy atom. The summed E-state index contributed by atoms with van der Waals surface area (Å²) in [5.74, 6) is 1.64.